The molecule has 2 N–H and O–H groups in total. The summed E-state index contributed by atoms with van der Waals surface area (Å²) in [6.45, 7) is 7.55. The average Bonchev–Trinajstić information content (AvgIpc) is 3.03. The minimum Gasteiger partial charge on any atom is -0.463 e. The molecule has 1 aromatic heterocycles. The van der Waals surface area contributed by atoms with E-state index in [0.29, 0.717) is 30.5 Å². The highest BCUT2D eigenvalue weighted by Crippen LogP contribution is 2.35. The van der Waals surface area contributed by atoms with Crippen LogP contribution < -0.4 is 10.6 Å². The van der Waals surface area contributed by atoms with Gasteiger partial charge in [0.05, 0.1) is 18.2 Å². The summed E-state index contributed by atoms with van der Waals surface area (Å²) >= 11 is 1.81. The maximum atomic E-state index is 12.4. The first-order valence-corrected chi connectivity index (χ1v) is 9.71. The Hall–Kier alpha value is -1.86. The van der Waals surface area contributed by atoms with Crippen LogP contribution in [0.25, 0.3) is 0 Å². The molecular weight excluding hydrogens is 338 g/mol. The monoisotopic (exact) mass is 363 g/mol. The molecule has 0 bridgehead atoms. The predicted octanol–water partition coefficient (Wildman–Crippen LogP) is 2.58. The normalized spacial score (nSPS) is 23.7. The Bertz CT molecular complexity index is 697. The highest BCUT2D eigenvalue weighted by atomic mass is 32.1. The number of fused-ring (bicyclic) bond motifs is 1. The molecule has 6 nitrogen and oxygen atoms in total. The number of ether oxygens (including phenoxy) is 1. The fourth-order valence-electron chi connectivity index (χ4n) is 3.72. The first-order chi connectivity index (χ1) is 12.0. The van der Waals surface area contributed by atoms with Crippen LogP contribution in [0.5, 0.6) is 0 Å². The van der Waals surface area contributed by atoms with E-state index in [1.165, 1.54) is 10.4 Å². The van der Waals surface area contributed by atoms with E-state index in [4.69, 9.17) is 4.74 Å². The van der Waals surface area contributed by atoms with Crippen LogP contribution in [0.1, 0.15) is 43.7 Å². The second-order valence-electron chi connectivity index (χ2n) is 6.38. The van der Waals surface area contributed by atoms with Gasteiger partial charge in [-0.05, 0) is 43.7 Å². The highest BCUT2D eigenvalue weighted by molar-refractivity contribution is 7.10. The minimum atomic E-state index is -0.362. The van der Waals surface area contributed by atoms with E-state index in [1.807, 2.05) is 18.3 Å². The molecule has 1 aromatic rings. The molecule has 0 aromatic carbocycles. The lowest BCUT2D eigenvalue weighted by Crippen LogP contribution is -2.51. The van der Waals surface area contributed by atoms with E-state index < -0.39 is 0 Å². The van der Waals surface area contributed by atoms with Crippen molar-refractivity contribution in [2.75, 3.05) is 19.7 Å². The number of nitrogens with one attached hydrogen (secondary N) is 2. The molecule has 0 fully saturated rings. The molecule has 2 atom stereocenters. The summed E-state index contributed by atoms with van der Waals surface area (Å²) in [5.74, 6) is -0.362. The van der Waals surface area contributed by atoms with Gasteiger partial charge in [-0.3, -0.25) is 4.90 Å². The van der Waals surface area contributed by atoms with Crippen LogP contribution in [0.4, 0.5) is 4.79 Å². The Labute approximate surface area is 152 Å². The largest absolute Gasteiger partial charge is 0.463 e. The van der Waals surface area contributed by atoms with Crippen molar-refractivity contribution >= 4 is 23.3 Å². The van der Waals surface area contributed by atoms with Gasteiger partial charge in [-0.2, -0.15) is 0 Å². The van der Waals surface area contributed by atoms with Crippen molar-refractivity contribution in [3.05, 3.63) is 33.2 Å². The van der Waals surface area contributed by atoms with Gasteiger partial charge in [0.2, 0.25) is 0 Å². The van der Waals surface area contributed by atoms with Crippen molar-refractivity contribution in [1.29, 1.82) is 0 Å². The Kier molecular flexibility index (Phi) is 5.44. The Balaban J connectivity index is 1.89. The molecule has 2 aliphatic heterocycles. The van der Waals surface area contributed by atoms with Crippen LogP contribution in [0, 0.1) is 0 Å². The van der Waals surface area contributed by atoms with E-state index >= 15 is 0 Å². The van der Waals surface area contributed by atoms with Gasteiger partial charge < -0.3 is 15.4 Å². The smallest absolute Gasteiger partial charge is 0.337 e. The summed E-state index contributed by atoms with van der Waals surface area (Å²) in [4.78, 5) is 28.1. The molecule has 2 amide bonds. The van der Waals surface area contributed by atoms with Crippen LogP contribution in [0.15, 0.2) is 22.7 Å². The Morgan fingerprint density at radius 3 is 2.96 bits per heavy atom. The highest BCUT2D eigenvalue weighted by Gasteiger charge is 2.33. The van der Waals surface area contributed by atoms with Crippen molar-refractivity contribution in [3.8, 4) is 0 Å². The molecule has 0 spiro atoms. The lowest BCUT2D eigenvalue weighted by molar-refractivity contribution is -0.139. The van der Waals surface area contributed by atoms with Crippen molar-refractivity contribution < 1.29 is 14.3 Å². The first-order valence-electron chi connectivity index (χ1n) is 8.83. The number of esters is 1. The molecule has 25 heavy (non-hydrogen) atoms. The van der Waals surface area contributed by atoms with E-state index in [2.05, 4.69) is 33.9 Å². The molecule has 3 heterocycles. The molecule has 136 valence electrons. The van der Waals surface area contributed by atoms with Crippen LogP contribution in [0.2, 0.25) is 0 Å². The summed E-state index contributed by atoms with van der Waals surface area (Å²) in [6, 6.07) is 1.89. The third kappa shape index (κ3) is 3.57. The van der Waals surface area contributed by atoms with Gasteiger partial charge in [-0.15, -0.1) is 11.3 Å². The summed E-state index contributed by atoms with van der Waals surface area (Å²) in [7, 11) is 0. The van der Waals surface area contributed by atoms with Gasteiger partial charge in [0, 0.05) is 29.7 Å². The number of nitrogens with zero attached hydrogens (tertiary/aromatic N) is 1. The van der Waals surface area contributed by atoms with E-state index in [9.17, 15) is 9.59 Å². The van der Waals surface area contributed by atoms with Crippen molar-refractivity contribution in [2.24, 2.45) is 0 Å². The zero-order valence-electron chi connectivity index (χ0n) is 14.9. The van der Waals surface area contributed by atoms with Crippen LogP contribution in [0.3, 0.4) is 0 Å². The molecule has 2 aliphatic rings. The molecule has 0 saturated heterocycles. The zero-order valence-corrected chi connectivity index (χ0v) is 15.7. The maximum absolute atomic E-state index is 12.4. The molecule has 0 saturated carbocycles. The minimum absolute atomic E-state index is 0.267. The Morgan fingerprint density at radius 1 is 1.44 bits per heavy atom. The van der Waals surface area contributed by atoms with Gasteiger partial charge in [0.1, 0.15) is 0 Å². The second kappa shape index (κ2) is 7.58. The molecule has 7 heteroatoms. The summed E-state index contributed by atoms with van der Waals surface area (Å²) < 4.78 is 5.20. The van der Waals surface area contributed by atoms with Gasteiger partial charge in [0.25, 0.3) is 0 Å². The molecular formula is C18H25N3O3S. The molecule has 3 rings (SSSR count). The SMILES string of the molecule is CCOC(=O)C1=C(CN2CCc3sccc3C2CC)NC(=O)NC1C. The molecule has 0 aliphatic carbocycles. The third-order valence-corrected chi connectivity index (χ3v) is 5.82. The topological polar surface area (TPSA) is 70.7 Å². The Morgan fingerprint density at radius 2 is 2.24 bits per heavy atom. The lowest BCUT2D eigenvalue weighted by Gasteiger charge is -2.37. The van der Waals surface area contributed by atoms with Gasteiger partial charge in [-0.25, -0.2) is 9.59 Å². The van der Waals surface area contributed by atoms with Crippen LogP contribution in [-0.2, 0) is 16.0 Å². The standard InChI is InChI=1S/C18H25N3O3S/c1-4-14-12-7-9-25-15(12)6-8-21(14)10-13-16(17(22)24-5-2)11(3)19-18(23)20-13/h7,9,11,14H,4-6,8,10H2,1-3H3,(H2,19,20,23). The summed E-state index contributed by atoms with van der Waals surface area (Å²) in [5.41, 5.74) is 2.56. The lowest BCUT2D eigenvalue weighted by atomic mass is 9.96. The van der Waals surface area contributed by atoms with E-state index in [1.54, 1.807) is 6.92 Å². The van der Waals surface area contributed by atoms with Gasteiger partial charge in [0.15, 0.2) is 0 Å². The fraction of sp³-hybridized carbons (Fsp3) is 0.556. The summed E-state index contributed by atoms with van der Waals surface area (Å²) in [5, 5.41) is 7.73. The number of hydrogen-bond acceptors (Lipinski definition) is 5. The van der Waals surface area contributed by atoms with Crippen molar-refractivity contribution in [1.82, 2.24) is 15.5 Å². The number of amides is 2. The number of rotatable bonds is 5. The number of urea groups is 1. The predicted molar refractivity (Wildman–Crippen MR) is 97.4 cm³/mol. The van der Waals surface area contributed by atoms with Crippen LogP contribution in [-0.4, -0.2) is 42.6 Å². The maximum Gasteiger partial charge on any atom is 0.337 e. The molecule has 2 unspecified atom stereocenters. The average molecular weight is 363 g/mol. The fourth-order valence-corrected chi connectivity index (χ4v) is 4.65. The first kappa shape index (κ1) is 17.9. The number of carbonyl (C=O) groups excluding carboxylic acids is 2. The molecule has 0 radical (unpaired) electrons. The van der Waals surface area contributed by atoms with Gasteiger partial charge >= 0.3 is 12.0 Å². The van der Waals surface area contributed by atoms with Gasteiger partial charge in [-0.1, -0.05) is 6.92 Å². The number of carbonyl (C=O) groups is 2. The zero-order chi connectivity index (χ0) is 18.0. The van der Waals surface area contributed by atoms with Crippen LogP contribution >= 0.6 is 11.3 Å². The summed E-state index contributed by atoms with van der Waals surface area (Å²) in [6.07, 6.45) is 2.00. The second-order valence-corrected chi connectivity index (χ2v) is 7.38. The number of thiophene rings is 1. The van der Waals surface area contributed by atoms with Crippen molar-refractivity contribution in [2.45, 2.75) is 45.7 Å². The van der Waals surface area contributed by atoms with E-state index in [0.717, 1.165) is 19.4 Å². The van der Waals surface area contributed by atoms with E-state index in [-0.39, 0.29) is 18.0 Å². The number of hydrogen-bond donors (Lipinski definition) is 2. The van der Waals surface area contributed by atoms with Crippen molar-refractivity contribution in [3.63, 3.8) is 0 Å². The third-order valence-electron chi connectivity index (χ3n) is 4.82. The quantitative estimate of drug-likeness (QED) is 0.789.